The van der Waals surface area contributed by atoms with Gasteiger partial charge in [0.25, 0.3) is 0 Å². The van der Waals surface area contributed by atoms with Gasteiger partial charge in [-0.1, -0.05) is 164 Å². The Labute approximate surface area is 334 Å². The molecule has 0 radical (unpaired) electrons. The third-order valence-electron chi connectivity index (χ3n) is 11.9. The molecule has 10 aromatic carbocycles. The van der Waals surface area contributed by atoms with Crippen molar-refractivity contribution in [3.63, 3.8) is 0 Å². The molecule has 0 aliphatic carbocycles. The summed E-state index contributed by atoms with van der Waals surface area (Å²) in [5, 5.41) is 9.26. The molecule has 0 unspecified atom stereocenters. The Morgan fingerprint density at radius 1 is 0.207 bits per heavy atom. The second-order valence-electron chi connectivity index (χ2n) is 15.1. The molecule has 0 saturated carbocycles. The lowest BCUT2D eigenvalue weighted by atomic mass is 9.81. The van der Waals surface area contributed by atoms with Gasteiger partial charge in [0.05, 0.1) is 0 Å². The first kappa shape index (κ1) is 32.6. The highest BCUT2D eigenvalue weighted by molar-refractivity contribution is 6.22. The molecule has 0 atom stereocenters. The van der Waals surface area contributed by atoms with E-state index in [-0.39, 0.29) is 0 Å². The van der Waals surface area contributed by atoms with Crippen LogP contribution < -0.4 is 0 Å². The number of para-hydroxylation sites is 2. The summed E-state index contributed by atoms with van der Waals surface area (Å²) in [6.07, 6.45) is 0. The second kappa shape index (κ2) is 12.9. The zero-order chi connectivity index (χ0) is 38.2. The predicted molar refractivity (Wildman–Crippen MR) is 243 cm³/mol. The molecule has 2 heterocycles. The second-order valence-corrected chi connectivity index (χ2v) is 15.1. The molecule has 2 aromatic heterocycles. The number of furan rings is 2. The molecule has 2 nitrogen and oxygen atoms in total. The van der Waals surface area contributed by atoms with Crippen LogP contribution >= 0.6 is 0 Å². The van der Waals surface area contributed by atoms with Crippen molar-refractivity contribution in [3.8, 4) is 55.6 Å². The topological polar surface area (TPSA) is 26.3 Å². The van der Waals surface area contributed by atoms with E-state index in [0.29, 0.717) is 0 Å². The van der Waals surface area contributed by atoms with E-state index in [4.69, 9.17) is 8.83 Å². The summed E-state index contributed by atoms with van der Waals surface area (Å²) >= 11 is 0. The molecule has 2 heteroatoms. The Hall–Kier alpha value is -7.68. The highest BCUT2D eigenvalue weighted by atomic mass is 16.3. The van der Waals surface area contributed by atoms with E-state index < -0.39 is 0 Å². The number of fused-ring (bicyclic) bond motifs is 8. The van der Waals surface area contributed by atoms with Crippen LogP contribution in [0.1, 0.15) is 0 Å². The van der Waals surface area contributed by atoms with Crippen molar-refractivity contribution >= 4 is 65.4 Å². The van der Waals surface area contributed by atoms with Gasteiger partial charge in [-0.05, 0) is 120 Å². The van der Waals surface area contributed by atoms with Crippen molar-refractivity contribution in [3.05, 3.63) is 206 Å². The zero-order valence-corrected chi connectivity index (χ0v) is 31.4. The molecule has 0 aliphatic rings. The van der Waals surface area contributed by atoms with Crippen molar-refractivity contribution in [1.82, 2.24) is 0 Å². The Morgan fingerprint density at radius 2 is 0.603 bits per heavy atom. The molecule has 0 amide bonds. The van der Waals surface area contributed by atoms with Crippen LogP contribution in [-0.4, -0.2) is 0 Å². The van der Waals surface area contributed by atoms with Crippen molar-refractivity contribution in [2.75, 3.05) is 0 Å². The minimum atomic E-state index is 0.886. The summed E-state index contributed by atoms with van der Waals surface area (Å²) in [5.74, 6) is 0. The van der Waals surface area contributed by atoms with Crippen LogP contribution in [-0.2, 0) is 0 Å². The Kier molecular flexibility index (Phi) is 7.26. The van der Waals surface area contributed by atoms with Crippen LogP contribution in [0.25, 0.3) is 121 Å². The third kappa shape index (κ3) is 5.05. The van der Waals surface area contributed by atoms with Gasteiger partial charge in [-0.15, -0.1) is 0 Å². The fraction of sp³-hybridized carbons (Fsp3) is 0. The van der Waals surface area contributed by atoms with Gasteiger partial charge in [-0.25, -0.2) is 0 Å². The number of hydrogen-bond donors (Lipinski definition) is 0. The maximum absolute atomic E-state index is 6.44. The van der Waals surface area contributed by atoms with E-state index in [0.717, 1.165) is 66.1 Å². The summed E-state index contributed by atoms with van der Waals surface area (Å²) in [6.45, 7) is 0. The summed E-state index contributed by atoms with van der Waals surface area (Å²) in [7, 11) is 0. The Balaban J connectivity index is 1.21. The van der Waals surface area contributed by atoms with Gasteiger partial charge in [0.15, 0.2) is 0 Å². The lowest BCUT2D eigenvalue weighted by Crippen LogP contribution is -1.95. The van der Waals surface area contributed by atoms with E-state index in [9.17, 15) is 0 Å². The van der Waals surface area contributed by atoms with Crippen molar-refractivity contribution in [1.29, 1.82) is 0 Å². The highest BCUT2D eigenvalue weighted by Crippen LogP contribution is 2.49. The maximum Gasteiger partial charge on any atom is 0.136 e. The van der Waals surface area contributed by atoms with Crippen molar-refractivity contribution < 1.29 is 8.83 Å². The molecule has 12 rings (SSSR count). The molecule has 0 fully saturated rings. The van der Waals surface area contributed by atoms with E-state index in [1.165, 1.54) is 54.9 Å². The molecule has 12 aromatic rings. The summed E-state index contributed by atoms with van der Waals surface area (Å²) in [6, 6.07) is 74.2. The largest absolute Gasteiger partial charge is 0.456 e. The van der Waals surface area contributed by atoms with Gasteiger partial charge < -0.3 is 8.83 Å². The van der Waals surface area contributed by atoms with Crippen LogP contribution in [0.3, 0.4) is 0 Å². The third-order valence-corrected chi connectivity index (χ3v) is 11.9. The fourth-order valence-electron chi connectivity index (χ4n) is 9.26. The van der Waals surface area contributed by atoms with E-state index in [1.807, 2.05) is 24.3 Å². The lowest BCUT2D eigenvalue weighted by molar-refractivity contribution is 0.668. The molecular formula is C56H34O2. The standard InChI is InChI=1S/C56H34O2/c1-3-14-35(15-4-1)41-22-13-23-42(36-16-5-2-6-17-36)55(41)56-47-24-11-20-39(37-28-30-45-43-18-7-9-26-51(43)57-53(45)32-37)49(47)34-50-40(21-12-25-48(50)56)38-29-31-46-44-19-8-10-27-52(44)58-54(46)33-38/h1-34H. The van der Waals surface area contributed by atoms with Crippen molar-refractivity contribution in [2.45, 2.75) is 0 Å². The van der Waals surface area contributed by atoms with Gasteiger partial charge >= 0.3 is 0 Å². The molecule has 0 saturated heterocycles. The average molecular weight is 739 g/mol. The monoisotopic (exact) mass is 738 g/mol. The van der Waals surface area contributed by atoms with Crippen LogP contribution in [0.15, 0.2) is 215 Å². The number of hydrogen-bond acceptors (Lipinski definition) is 2. The number of benzene rings is 10. The molecule has 0 N–H and O–H groups in total. The molecular weight excluding hydrogens is 705 g/mol. The van der Waals surface area contributed by atoms with Crippen molar-refractivity contribution in [2.24, 2.45) is 0 Å². The van der Waals surface area contributed by atoms with Gasteiger partial charge in [0.1, 0.15) is 22.3 Å². The van der Waals surface area contributed by atoms with E-state index in [1.54, 1.807) is 0 Å². The molecule has 0 spiro atoms. The van der Waals surface area contributed by atoms with Crippen LogP contribution in [0.5, 0.6) is 0 Å². The zero-order valence-electron chi connectivity index (χ0n) is 31.4. The number of rotatable bonds is 5. The molecule has 0 aliphatic heterocycles. The van der Waals surface area contributed by atoms with Gasteiger partial charge in [0, 0.05) is 21.5 Å². The Bertz CT molecular complexity index is 3320. The summed E-state index contributed by atoms with van der Waals surface area (Å²) in [4.78, 5) is 0. The summed E-state index contributed by atoms with van der Waals surface area (Å²) in [5.41, 5.74) is 15.3. The minimum absolute atomic E-state index is 0.886. The van der Waals surface area contributed by atoms with Gasteiger partial charge in [-0.2, -0.15) is 0 Å². The van der Waals surface area contributed by atoms with Crippen LogP contribution in [0, 0.1) is 0 Å². The Morgan fingerprint density at radius 3 is 1.10 bits per heavy atom. The van der Waals surface area contributed by atoms with E-state index in [2.05, 4.69) is 182 Å². The first-order valence-electron chi connectivity index (χ1n) is 19.8. The summed E-state index contributed by atoms with van der Waals surface area (Å²) < 4.78 is 12.9. The lowest BCUT2D eigenvalue weighted by Gasteiger charge is -2.22. The van der Waals surface area contributed by atoms with Gasteiger partial charge in [-0.3, -0.25) is 0 Å². The van der Waals surface area contributed by atoms with Gasteiger partial charge in [0.2, 0.25) is 0 Å². The highest BCUT2D eigenvalue weighted by Gasteiger charge is 2.22. The smallest absolute Gasteiger partial charge is 0.136 e. The maximum atomic E-state index is 6.44. The predicted octanol–water partition coefficient (Wildman–Crippen LogP) is 16.1. The van der Waals surface area contributed by atoms with E-state index >= 15 is 0 Å². The first-order chi connectivity index (χ1) is 28.8. The average Bonchev–Trinajstić information content (AvgIpc) is 3.86. The minimum Gasteiger partial charge on any atom is -0.456 e. The fourth-order valence-corrected chi connectivity index (χ4v) is 9.26. The van der Waals surface area contributed by atoms with Crippen LogP contribution in [0.4, 0.5) is 0 Å². The molecule has 0 bridgehead atoms. The van der Waals surface area contributed by atoms with Crippen LogP contribution in [0.2, 0.25) is 0 Å². The molecule has 270 valence electrons. The molecule has 58 heavy (non-hydrogen) atoms. The normalized spacial score (nSPS) is 11.8. The first-order valence-corrected chi connectivity index (χ1v) is 19.8. The quantitative estimate of drug-likeness (QED) is 0.164. The SMILES string of the molecule is c1ccc(-c2cccc(-c3ccccc3)c2-c2c3cccc(-c4ccc5c(c4)oc4ccccc45)c3cc3c(-c4ccc5c(c4)oc4ccccc45)cccc23)cc1.